The molecular formula is C22H18ClNO4. The van der Waals surface area contributed by atoms with Crippen LogP contribution in [0.1, 0.15) is 15.9 Å². The van der Waals surface area contributed by atoms with Gasteiger partial charge in [0.15, 0.2) is 6.61 Å². The average molecular weight is 396 g/mol. The Kier molecular flexibility index (Phi) is 6.29. The summed E-state index contributed by atoms with van der Waals surface area (Å²) < 4.78 is 10.6. The number of ether oxygens (including phenoxy) is 2. The van der Waals surface area contributed by atoms with Crippen molar-refractivity contribution in [2.75, 3.05) is 11.9 Å². The summed E-state index contributed by atoms with van der Waals surface area (Å²) >= 11 is 5.82. The van der Waals surface area contributed by atoms with E-state index in [9.17, 15) is 9.59 Å². The van der Waals surface area contributed by atoms with E-state index in [0.717, 1.165) is 5.56 Å². The summed E-state index contributed by atoms with van der Waals surface area (Å²) in [5, 5.41) is 3.33. The van der Waals surface area contributed by atoms with Crippen LogP contribution in [0.4, 0.5) is 5.69 Å². The van der Waals surface area contributed by atoms with Crippen LogP contribution in [0.3, 0.4) is 0 Å². The zero-order valence-electron chi connectivity index (χ0n) is 15.1. The number of nitrogens with one attached hydrogen (secondary N) is 1. The number of aryl methyl sites for hydroxylation is 1. The van der Waals surface area contributed by atoms with E-state index >= 15 is 0 Å². The Balaban J connectivity index is 1.51. The van der Waals surface area contributed by atoms with E-state index in [4.69, 9.17) is 21.1 Å². The van der Waals surface area contributed by atoms with E-state index in [1.54, 1.807) is 54.6 Å². The SMILES string of the molecule is Cc1cccc(OCC(=O)Oc2ccc(NC(=O)c3ccc(Cl)cc3)cc2)c1. The third kappa shape index (κ3) is 5.59. The fourth-order valence-corrected chi connectivity index (χ4v) is 2.55. The molecule has 0 aliphatic carbocycles. The first-order valence-electron chi connectivity index (χ1n) is 8.57. The number of benzene rings is 3. The molecule has 6 heteroatoms. The van der Waals surface area contributed by atoms with Crippen LogP contribution in [0, 0.1) is 6.92 Å². The van der Waals surface area contributed by atoms with Crippen molar-refractivity contribution in [2.24, 2.45) is 0 Å². The predicted molar refractivity (Wildman–Crippen MR) is 108 cm³/mol. The molecule has 3 aromatic carbocycles. The van der Waals surface area contributed by atoms with E-state index in [2.05, 4.69) is 5.32 Å². The van der Waals surface area contributed by atoms with Gasteiger partial charge < -0.3 is 14.8 Å². The fraction of sp³-hybridized carbons (Fsp3) is 0.0909. The summed E-state index contributed by atoms with van der Waals surface area (Å²) in [4.78, 5) is 24.1. The van der Waals surface area contributed by atoms with Crippen LogP contribution in [0.2, 0.25) is 5.02 Å². The number of anilines is 1. The molecule has 0 fully saturated rings. The predicted octanol–water partition coefficient (Wildman–Crippen LogP) is 4.89. The van der Waals surface area contributed by atoms with Gasteiger partial charge in [-0.25, -0.2) is 4.79 Å². The van der Waals surface area contributed by atoms with Gasteiger partial charge in [-0.2, -0.15) is 0 Å². The molecule has 1 N–H and O–H groups in total. The molecule has 28 heavy (non-hydrogen) atoms. The Morgan fingerprint density at radius 1 is 0.929 bits per heavy atom. The Hall–Kier alpha value is -3.31. The summed E-state index contributed by atoms with van der Waals surface area (Å²) in [6, 6.07) is 20.5. The van der Waals surface area contributed by atoms with Gasteiger partial charge in [0.1, 0.15) is 11.5 Å². The Labute approximate surface area is 167 Å². The molecule has 1 amide bonds. The molecule has 0 saturated heterocycles. The van der Waals surface area contributed by atoms with E-state index in [-0.39, 0.29) is 12.5 Å². The molecule has 0 heterocycles. The highest BCUT2D eigenvalue weighted by molar-refractivity contribution is 6.30. The van der Waals surface area contributed by atoms with Crippen molar-refractivity contribution in [3.8, 4) is 11.5 Å². The Morgan fingerprint density at radius 2 is 1.64 bits per heavy atom. The molecule has 0 aromatic heterocycles. The summed E-state index contributed by atoms with van der Waals surface area (Å²) in [6.45, 7) is 1.75. The highest BCUT2D eigenvalue weighted by atomic mass is 35.5. The van der Waals surface area contributed by atoms with Crippen LogP contribution in [0.25, 0.3) is 0 Å². The minimum absolute atomic E-state index is 0.196. The third-order valence-electron chi connectivity index (χ3n) is 3.80. The monoisotopic (exact) mass is 395 g/mol. The minimum atomic E-state index is -0.514. The molecule has 0 atom stereocenters. The lowest BCUT2D eigenvalue weighted by Crippen LogP contribution is -2.17. The van der Waals surface area contributed by atoms with Gasteiger partial charge in [0, 0.05) is 16.3 Å². The van der Waals surface area contributed by atoms with Crippen LogP contribution in [0.5, 0.6) is 11.5 Å². The lowest BCUT2D eigenvalue weighted by Gasteiger charge is -2.09. The van der Waals surface area contributed by atoms with E-state index in [1.165, 1.54) is 0 Å². The third-order valence-corrected chi connectivity index (χ3v) is 4.05. The molecule has 0 aliphatic rings. The van der Waals surface area contributed by atoms with Crippen LogP contribution in [-0.2, 0) is 4.79 Å². The number of esters is 1. The maximum atomic E-state index is 12.2. The summed E-state index contributed by atoms with van der Waals surface area (Å²) in [5.41, 5.74) is 2.12. The lowest BCUT2D eigenvalue weighted by atomic mass is 10.2. The molecule has 0 spiro atoms. The summed E-state index contributed by atoms with van der Waals surface area (Å²) in [7, 11) is 0. The molecule has 5 nitrogen and oxygen atoms in total. The molecule has 0 saturated carbocycles. The first-order valence-corrected chi connectivity index (χ1v) is 8.94. The number of hydrogen-bond donors (Lipinski definition) is 1. The van der Waals surface area contributed by atoms with Crippen LogP contribution in [0.15, 0.2) is 72.8 Å². The largest absolute Gasteiger partial charge is 0.482 e. The number of amides is 1. The highest BCUT2D eigenvalue weighted by Gasteiger charge is 2.08. The molecule has 142 valence electrons. The Bertz CT molecular complexity index is 969. The number of carbonyl (C=O) groups excluding carboxylic acids is 2. The Morgan fingerprint density at radius 3 is 2.32 bits per heavy atom. The van der Waals surface area contributed by atoms with E-state index < -0.39 is 5.97 Å². The lowest BCUT2D eigenvalue weighted by molar-refractivity contribution is -0.136. The standard InChI is InChI=1S/C22H18ClNO4/c1-15-3-2-4-20(13-15)27-14-21(25)28-19-11-9-18(10-12-19)24-22(26)16-5-7-17(23)8-6-16/h2-13H,14H2,1H3,(H,24,26). The van der Waals surface area contributed by atoms with Gasteiger partial charge in [-0.15, -0.1) is 0 Å². The molecule has 0 aliphatic heterocycles. The second kappa shape index (κ2) is 9.06. The van der Waals surface area contributed by atoms with Crippen molar-refractivity contribution < 1.29 is 19.1 Å². The molecular weight excluding hydrogens is 378 g/mol. The van der Waals surface area contributed by atoms with Crippen LogP contribution in [-0.4, -0.2) is 18.5 Å². The second-order valence-electron chi connectivity index (χ2n) is 6.06. The molecule has 3 rings (SSSR count). The first-order chi connectivity index (χ1) is 13.5. The van der Waals surface area contributed by atoms with Gasteiger partial charge >= 0.3 is 5.97 Å². The molecule has 0 bridgehead atoms. The maximum Gasteiger partial charge on any atom is 0.349 e. The normalized spacial score (nSPS) is 10.2. The van der Waals surface area contributed by atoms with Crippen molar-refractivity contribution in [1.82, 2.24) is 0 Å². The fourth-order valence-electron chi connectivity index (χ4n) is 2.42. The smallest absolute Gasteiger partial charge is 0.349 e. The molecule has 3 aromatic rings. The zero-order valence-corrected chi connectivity index (χ0v) is 15.9. The number of hydrogen-bond acceptors (Lipinski definition) is 4. The number of rotatable bonds is 6. The van der Waals surface area contributed by atoms with E-state index in [1.807, 2.05) is 25.1 Å². The highest BCUT2D eigenvalue weighted by Crippen LogP contribution is 2.18. The maximum absolute atomic E-state index is 12.2. The van der Waals surface area contributed by atoms with E-state index in [0.29, 0.717) is 27.8 Å². The van der Waals surface area contributed by atoms with Gasteiger partial charge in [-0.1, -0.05) is 23.7 Å². The second-order valence-corrected chi connectivity index (χ2v) is 6.50. The van der Waals surface area contributed by atoms with Crippen molar-refractivity contribution in [2.45, 2.75) is 6.92 Å². The molecule has 0 radical (unpaired) electrons. The van der Waals surface area contributed by atoms with Crippen molar-refractivity contribution in [3.63, 3.8) is 0 Å². The minimum Gasteiger partial charge on any atom is -0.482 e. The average Bonchev–Trinajstić information content (AvgIpc) is 2.68. The van der Waals surface area contributed by atoms with Crippen molar-refractivity contribution in [3.05, 3.63) is 88.9 Å². The van der Waals surface area contributed by atoms with Gasteiger partial charge in [0.25, 0.3) is 5.91 Å². The number of carbonyl (C=O) groups is 2. The summed E-state index contributed by atoms with van der Waals surface area (Å²) in [5.74, 6) is 0.201. The van der Waals surface area contributed by atoms with Gasteiger partial charge in [0.05, 0.1) is 0 Å². The topological polar surface area (TPSA) is 64.6 Å². The van der Waals surface area contributed by atoms with Crippen molar-refractivity contribution in [1.29, 1.82) is 0 Å². The van der Waals surface area contributed by atoms with Crippen molar-refractivity contribution >= 4 is 29.2 Å². The first kappa shape index (κ1) is 19.5. The van der Waals surface area contributed by atoms with Crippen LogP contribution >= 0.6 is 11.6 Å². The van der Waals surface area contributed by atoms with Gasteiger partial charge in [0.2, 0.25) is 0 Å². The van der Waals surface area contributed by atoms with Crippen LogP contribution < -0.4 is 14.8 Å². The quantitative estimate of drug-likeness (QED) is 0.477. The van der Waals surface area contributed by atoms with Gasteiger partial charge in [-0.3, -0.25) is 4.79 Å². The zero-order chi connectivity index (χ0) is 19.9. The molecule has 0 unspecified atom stereocenters. The summed E-state index contributed by atoms with van der Waals surface area (Å²) in [6.07, 6.45) is 0. The number of halogens is 1. The van der Waals surface area contributed by atoms with Gasteiger partial charge in [-0.05, 0) is 73.2 Å².